The number of carbonyl (C=O) groups is 1. The van der Waals surface area contributed by atoms with Gasteiger partial charge in [0.2, 0.25) is 5.91 Å². The lowest BCUT2D eigenvalue weighted by Gasteiger charge is -2.27. The summed E-state index contributed by atoms with van der Waals surface area (Å²) >= 11 is 0. The van der Waals surface area contributed by atoms with Gasteiger partial charge in [-0.25, -0.2) is 0 Å². The predicted molar refractivity (Wildman–Crippen MR) is 76.6 cm³/mol. The first-order valence-corrected chi connectivity index (χ1v) is 7.04. The molecule has 4 nitrogen and oxygen atoms in total. The maximum Gasteiger partial charge on any atom is 0.224 e. The van der Waals surface area contributed by atoms with Crippen LogP contribution in [0, 0.1) is 6.92 Å². The van der Waals surface area contributed by atoms with Gasteiger partial charge in [0.05, 0.1) is 6.54 Å². The van der Waals surface area contributed by atoms with E-state index in [0.29, 0.717) is 13.0 Å². The second-order valence-electron chi connectivity index (χ2n) is 5.38. The Morgan fingerprint density at radius 2 is 2.11 bits per heavy atom. The van der Waals surface area contributed by atoms with Crippen molar-refractivity contribution in [2.75, 3.05) is 0 Å². The van der Waals surface area contributed by atoms with Crippen LogP contribution in [0.25, 0.3) is 0 Å². The zero-order chi connectivity index (χ0) is 14.4. The zero-order valence-electron chi connectivity index (χ0n) is 12.5. The number of amides is 1. The minimum Gasteiger partial charge on any atom is -0.464 e. The second kappa shape index (κ2) is 7.34. The molecule has 1 unspecified atom stereocenters. The van der Waals surface area contributed by atoms with Crippen molar-refractivity contribution in [2.24, 2.45) is 5.73 Å². The number of carbonyl (C=O) groups excluding carboxylic acids is 1. The average molecular weight is 266 g/mol. The number of hydrogen-bond acceptors (Lipinski definition) is 3. The Morgan fingerprint density at radius 3 is 2.58 bits per heavy atom. The normalized spacial score (nSPS) is 12.7. The first-order chi connectivity index (χ1) is 8.93. The first kappa shape index (κ1) is 15.8. The van der Waals surface area contributed by atoms with Gasteiger partial charge in [-0.15, -0.1) is 0 Å². The summed E-state index contributed by atoms with van der Waals surface area (Å²) in [5, 5.41) is 0. The number of aryl methyl sites for hydroxylation is 1. The van der Waals surface area contributed by atoms with Crippen molar-refractivity contribution in [1.29, 1.82) is 0 Å². The average Bonchev–Trinajstić information content (AvgIpc) is 2.71. The molecule has 0 fully saturated rings. The summed E-state index contributed by atoms with van der Waals surface area (Å²) < 4.78 is 5.54. The van der Waals surface area contributed by atoms with Crippen LogP contribution >= 0.6 is 0 Å². The standard InChI is InChI=1S/C15H26N2O2/c1-5-6-13(16)9-15(18)17(11(2)3)10-14-8-7-12(4)19-14/h7-8,11,13H,5-6,9-10,16H2,1-4H3. The molecule has 4 heteroatoms. The number of rotatable bonds is 7. The van der Waals surface area contributed by atoms with Crippen LogP contribution in [-0.2, 0) is 11.3 Å². The maximum absolute atomic E-state index is 12.3. The molecule has 2 N–H and O–H groups in total. The van der Waals surface area contributed by atoms with Crippen LogP contribution in [0.1, 0.15) is 51.6 Å². The van der Waals surface area contributed by atoms with E-state index in [4.69, 9.17) is 10.2 Å². The van der Waals surface area contributed by atoms with E-state index in [-0.39, 0.29) is 18.0 Å². The Morgan fingerprint density at radius 1 is 1.42 bits per heavy atom. The lowest BCUT2D eigenvalue weighted by molar-refractivity contribution is -0.134. The van der Waals surface area contributed by atoms with Crippen molar-refractivity contribution in [3.63, 3.8) is 0 Å². The van der Waals surface area contributed by atoms with Crippen LogP contribution < -0.4 is 5.73 Å². The third kappa shape index (κ3) is 5.07. The third-order valence-corrected chi connectivity index (χ3v) is 3.16. The lowest BCUT2D eigenvalue weighted by atomic mass is 10.1. The van der Waals surface area contributed by atoms with Crippen LogP contribution in [0.3, 0.4) is 0 Å². The van der Waals surface area contributed by atoms with Crippen molar-refractivity contribution in [3.8, 4) is 0 Å². The molecule has 0 aliphatic heterocycles. The fourth-order valence-corrected chi connectivity index (χ4v) is 2.11. The van der Waals surface area contributed by atoms with E-state index in [1.807, 2.05) is 37.8 Å². The highest BCUT2D eigenvalue weighted by atomic mass is 16.3. The molecule has 1 heterocycles. The minimum absolute atomic E-state index is 0.0444. The Kier molecular flexibility index (Phi) is 6.09. The minimum atomic E-state index is -0.0444. The van der Waals surface area contributed by atoms with E-state index in [9.17, 15) is 4.79 Å². The summed E-state index contributed by atoms with van der Waals surface area (Å²) in [6.45, 7) is 8.53. The van der Waals surface area contributed by atoms with E-state index in [0.717, 1.165) is 24.4 Å². The van der Waals surface area contributed by atoms with Gasteiger partial charge in [-0.3, -0.25) is 4.79 Å². The Bertz CT molecular complexity index is 399. The smallest absolute Gasteiger partial charge is 0.224 e. The molecule has 0 aliphatic rings. The third-order valence-electron chi connectivity index (χ3n) is 3.16. The molecule has 0 aliphatic carbocycles. The van der Waals surface area contributed by atoms with E-state index in [2.05, 4.69) is 6.92 Å². The monoisotopic (exact) mass is 266 g/mol. The molecule has 0 radical (unpaired) electrons. The Balaban J connectivity index is 2.64. The van der Waals surface area contributed by atoms with Crippen molar-refractivity contribution < 1.29 is 9.21 Å². The largest absolute Gasteiger partial charge is 0.464 e. The molecule has 1 aromatic rings. The molecule has 0 bridgehead atoms. The number of nitrogens with zero attached hydrogens (tertiary/aromatic N) is 1. The molecule has 19 heavy (non-hydrogen) atoms. The Hall–Kier alpha value is -1.29. The molecule has 1 atom stereocenters. The molecular weight excluding hydrogens is 240 g/mol. The van der Waals surface area contributed by atoms with Gasteiger partial charge >= 0.3 is 0 Å². The first-order valence-electron chi connectivity index (χ1n) is 7.04. The summed E-state index contributed by atoms with van der Waals surface area (Å²) in [6.07, 6.45) is 2.30. The molecule has 0 aromatic carbocycles. The van der Waals surface area contributed by atoms with E-state index in [1.165, 1.54) is 0 Å². The molecule has 0 saturated carbocycles. The fraction of sp³-hybridized carbons (Fsp3) is 0.667. The molecular formula is C15H26N2O2. The van der Waals surface area contributed by atoms with E-state index < -0.39 is 0 Å². The van der Waals surface area contributed by atoms with E-state index in [1.54, 1.807) is 0 Å². The van der Waals surface area contributed by atoms with E-state index >= 15 is 0 Å². The summed E-state index contributed by atoms with van der Waals surface area (Å²) in [5.41, 5.74) is 5.95. The number of hydrogen-bond donors (Lipinski definition) is 1. The molecule has 0 saturated heterocycles. The van der Waals surface area contributed by atoms with Gasteiger partial charge in [0, 0.05) is 18.5 Å². The topological polar surface area (TPSA) is 59.5 Å². The van der Waals surface area contributed by atoms with Gasteiger partial charge in [-0.2, -0.15) is 0 Å². The van der Waals surface area contributed by atoms with Crippen LogP contribution in [-0.4, -0.2) is 22.9 Å². The second-order valence-corrected chi connectivity index (χ2v) is 5.38. The van der Waals surface area contributed by atoms with Crippen LogP contribution in [0.15, 0.2) is 16.5 Å². The molecule has 1 rings (SSSR count). The van der Waals surface area contributed by atoms with Gasteiger partial charge in [0.25, 0.3) is 0 Å². The van der Waals surface area contributed by atoms with Crippen molar-refractivity contribution >= 4 is 5.91 Å². The van der Waals surface area contributed by atoms with Crippen molar-refractivity contribution in [3.05, 3.63) is 23.7 Å². The van der Waals surface area contributed by atoms with Gasteiger partial charge in [0.15, 0.2) is 0 Å². The summed E-state index contributed by atoms with van der Waals surface area (Å²) in [6, 6.07) is 3.94. The summed E-state index contributed by atoms with van der Waals surface area (Å²) in [5.74, 6) is 1.79. The fourth-order valence-electron chi connectivity index (χ4n) is 2.11. The summed E-state index contributed by atoms with van der Waals surface area (Å²) in [7, 11) is 0. The lowest BCUT2D eigenvalue weighted by Crippen LogP contribution is -2.39. The van der Waals surface area contributed by atoms with Crippen molar-refractivity contribution in [2.45, 2.75) is 65.6 Å². The molecule has 0 spiro atoms. The molecule has 108 valence electrons. The van der Waals surface area contributed by atoms with Crippen LogP contribution in [0.5, 0.6) is 0 Å². The number of nitrogens with two attached hydrogens (primary N) is 1. The molecule has 1 amide bonds. The summed E-state index contributed by atoms with van der Waals surface area (Å²) in [4.78, 5) is 14.1. The van der Waals surface area contributed by atoms with Gasteiger partial charge in [-0.05, 0) is 39.3 Å². The SMILES string of the molecule is CCCC(N)CC(=O)N(Cc1ccc(C)o1)C(C)C. The highest BCUT2D eigenvalue weighted by Crippen LogP contribution is 2.14. The van der Waals surface area contributed by atoms with Gasteiger partial charge in [0.1, 0.15) is 11.5 Å². The van der Waals surface area contributed by atoms with Crippen LogP contribution in [0.4, 0.5) is 0 Å². The number of furan rings is 1. The van der Waals surface area contributed by atoms with Crippen molar-refractivity contribution in [1.82, 2.24) is 4.90 Å². The highest BCUT2D eigenvalue weighted by Gasteiger charge is 2.20. The quantitative estimate of drug-likeness (QED) is 0.825. The molecule has 1 aromatic heterocycles. The predicted octanol–water partition coefficient (Wildman–Crippen LogP) is 2.84. The van der Waals surface area contributed by atoms with Crippen LogP contribution in [0.2, 0.25) is 0 Å². The zero-order valence-corrected chi connectivity index (χ0v) is 12.5. The maximum atomic E-state index is 12.3. The van der Waals surface area contributed by atoms with Gasteiger partial charge < -0.3 is 15.1 Å². The Labute approximate surface area is 116 Å². The highest BCUT2D eigenvalue weighted by molar-refractivity contribution is 5.77. The van der Waals surface area contributed by atoms with Gasteiger partial charge in [-0.1, -0.05) is 13.3 Å².